The third-order valence-electron chi connectivity index (χ3n) is 3.37. The Morgan fingerprint density at radius 3 is 2.61 bits per heavy atom. The number of ether oxygens (including phenoxy) is 2. The van der Waals surface area contributed by atoms with E-state index in [0.717, 1.165) is 11.3 Å². The van der Waals surface area contributed by atoms with E-state index in [1.807, 2.05) is 24.3 Å². The van der Waals surface area contributed by atoms with Crippen molar-refractivity contribution in [3.8, 4) is 11.5 Å². The number of methoxy groups -OCH3 is 1. The van der Waals surface area contributed by atoms with Gasteiger partial charge in [0.15, 0.2) is 0 Å². The zero-order valence-electron chi connectivity index (χ0n) is 12.9. The quantitative estimate of drug-likeness (QED) is 0.725. The second-order valence-corrected chi connectivity index (χ2v) is 5.54. The molecule has 1 atom stereocenters. The summed E-state index contributed by atoms with van der Waals surface area (Å²) in [5.74, 6) is 0.878. The maximum absolute atomic E-state index is 9.94. The molecular weight excluding hydrogens is 318 g/mol. The van der Waals surface area contributed by atoms with Crippen LogP contribution >= 0.6 is 11.6 Å². The first-order valence-corrected chi connectivity index (χ1v) is 7.69. The number of aromatic hydroxyl groups is 1. The molecule has 2 rings (SSSR count). The standard InChI is InChI=1S/C17H20ClNO4/c1-22-14-5-2-12(3-6-14)10-23-11-13(20)4-7-15-16(21)8-9-17(18)19-15/h2-3,5-6,8-9,13,20-21H,4,7,10-11H2,1H3/t13-/m1/s1. The zero-order valence-corrected chi connectivity index (χ0v) is 13.7. The molecule has 0 unspecified atom stereocenters. The van der Waals surface area contributed by atoms with Crippen LogP contribution in [0.1, 0.15) is 17.7 Å². The van der Waals surface area contributed by atoms with Gasteiger partial charge < -0.3 is 19.7 Å². The molecule has 0 saturated carbocycles. The summed E-state index contributed by atoms with van der Waals surface area (Å²) in [4.78, 5) is 4.04. The average Bonchev–Trinajstić information content (AvgIpc) is 2.56. The summed E-state index contributed by atoms with van der Waals surface area (Å²) >= 11 is 5.79. The van der Waals surface area contributed by atoms with E-state index in [9.17, 15) is 10.2 Å². The summed E-state index contributed by atoms with van der Waals surface area (Å²) in [6.07, 6.45) is 0.233. The highest BCUT2D eigenvalue weighted by molar-refractivity contribution is 6.29. The Labute approximate surface area is 140 Å². The van der Waals surface area contributed by atoms with E-state index in [0.29, 0.717) is 30.3 Å². The number of rotatable bonds is 8. The first-order valence-electron chi connectivity index (χ1n) is 7.31. The molecule has 5 nitrogen and oxygen atoms in total. The molecule has 2 aromatic rings. The second-order valence-electron chi connectivity index (χ2n) is 5.16. The van der Waals surface area contributed by atoms with E-state index in [-0.39, 0.29) is 12.4 Å². The number of benzene rings is 1. The van der Waals surface area contributed by atoms with Crippen molar-refractivity contribution in [2.75, 3.05) is 13.7 Å². The Bertz CT molecular complexity index is 618. The maximum Gasteiger partial charge on any atom is 0.137 e. The van der Waals surface area contributed by atoms with E-state index in [1.165, 1.54) is 12.1 Å². The van der Waals surface area contributed by atoms with Gasteiger partial charge in [-0.2, -0.15) is 0 Å². The van der Waals surface area contributed by atoms with Gasteiger partial charge in [-0.15, -0.1) is 0 Å². The van der Waals surface area contributed by atoms with E-state index in [1.54, 1.807) is 7.11 Å². The summed E-state index contributed by atoms with van der Waals surface area (Å²) in [6, 6.07) is 10.6. The molecule has 1 heterocycles. The van der Waals surface area contributed by atoms with Crippen LogP contribution in [0.5, 0.6) is 11.5 Å². The molecule has 0 radical (unpaired) electrons. The first kappa shape index (κ1) is 17.5. The molecule has 1 aromatic heterocycles. The van der Waals surface area contributed by atoms with Crippen LogP contribution in [0, 0.1) is 0 Å². The minimum Gasteiger partial charge on any atom is -0.506 e. The zero-order chi connectivity index (χ0) is 16.7. The lowest BCUT2D eigenvalue weighted by atomic mass is 10.1. The number of aliphatic hydroxyl groups excluding tert-OH is 1. The van der Waals surface area contributed by atoms with E-state index >= 15 is 0 Å². The molecule has 0 saturated heterocycles. The molecule has 0 aliphatic heterocycles. The van der Waals surface area contributed by atoms with Crippen LogP contribution in [0.15, 0.2) is 36.4 Å². The number of hydrogen-bond acceptors (Lipinski definition) is 5. The molecule has 0 fully saturated rings. The minimum absolute atomic E-state index is 0.0840. The van der Waals surface area contributed by atoms with Gasteiger partial charge in [0.2, 0.25) is 0 Å². The summed E-state index contributed by atoms with van der Waals surface area (Å²) in [5.41, 5.74) is 1.49. The van der Waals surface area contributed by atoms with E-state index < -0.39 is 6.10 Å². The van der Waals surface area contributed by atoms with Gasteiger partial charge in [0, 0.05) is 0 Å². The van der Waals surface area contributed by atoms with Crippen LogP contribution in [0.25, 0.3) is 0 Å². The number of halogens is 1. The number of aromatic nitrogens is 1. The molecule has 1 aromatic carbocycles. The molecule has 124 valence electrons. The van der Waals surface area contributed by atoms with Gasteiger partial charge in [-0.1, -0.05) is 23.7 Å². The Kier molecular flexibility index (Phi) is 6.65. The molecular formula is C17H20ClNO4. The second kappa shape index (κ2) is 8.72. The normalized spacial score (nSPS) is 12.1. The van der Waals surface area contributed by atoms with Gasteiger partial charge in [-0.05, 0) is 42.7 Å². The fourth-order valence-electron chi connectivity index (χ4n) is 2.07. The predicted octanol–water partition coefficient (Wildman–Crippen LogP) is 2.96. The van der Waals surface area contributed by atoms with Crippen LogP contribution in [-0.2, 0) is 17.8 Å². The lowest BCUT2D eigenvalue weighted by Gasteiger charge is -2.12. The largest absolute Gasteiger partial charge is 0.506 e. The topological polar surface area (TPSA) is 71.8 Å². The summed E-state index contributed by atoms with van der Waals surface area (Å²) < 4.78 is 10.6. The fourth-order valence-corrected chi connectivity index (χ4v) is 2.24. The van der Waals surface area contributed by atoms with Crippen molar-refractivity contribution in [1.29, 1.82) is 0 Å². The van der Waals surface area contributed by atoms with Crippen molar-refractivity contribution in [3.05, 3.63) is 52.8 Å². The van der Waals surface area contributed by atoms with E-state index in [2.05, 4.69) is 4.98 Å². The number of aryl methyl sites for hydroxylation is 1. The number of nitrogens with zero attached hydrogens (tertiary/aromatic N) is 1. The average molecular weight is 338 g/mol. The molecule has 0 aliphatic rings. The van der Waals surface area contributed by atoms with Gasteiger partial charge in [0.1, 0.15) is 16.7 Å². The van der Waals surface area contributed by atoms with Crippen molar-refractivity contribution >= 4 is 11.6 Å². The maximum atomic E-state index is 9.94. The number of aliphatic hydroxyl groups is 1. The third-order valence-corrected chi connectivity index (χ3v) is 3.58. The Morgan fingerprint density at radius 1 is 1.17 bits per heavy atom. The predicted molar refractivity (Wildman–Crippen MR) is 87.9 cm³/mol. The fraction of sp³-hybridized carbons (Fsp3) is 0.353. The molecule has 0 spiro atoms. The summed E-state index contributed by atoms with van der Waals surface area (Å²) in [7, 11) is 1.62. The summed E-state index contributed by atoms with van der Waals surface area (Å²) in [6.45, 7) is 0.634. The molecule has 2 N–H and O–H groups in total. The van der Waals surface area contributed by atoms with Crippen LogP contribution in [0.4, 0.5) is 0 Å². The monoisotopic (exact) mass is 337 g/mol. The van der Waals surface area contributed by atoms with Gasteiger partial charge in [-0.3, -0.25) is 0 Å². The van der Waals surface area contributed by atoms with Crippen LogP contribution < -0.4 is 4.74 Å². The van der Waals surface area contributed by atoms with Gasteiger partial charge >= 0.3 is 0 Å². The van der Waals surface area contributed by atoms with E-state index in [4.69, 9.17) is 21.1 Å². The molecule has 23 heavy (non-hydrogen) atoms. The number of pyridine rings is 1. The highest BCUT2D eigenvalue weighted by Crippen LogP contribution is 2.19. The Hall–Kier alpha value is -1.82. The molecule has 6 heteroatoms. The summed E-state index contributed by atoms with van der Waals surface area (Å²) in [5, 5.41) is 19.9. The Balaban J connectivity index is 1.72. The lowest BCUT2D eigenvalue weighted by molar-refractivity contribution is 0.0245. The smallest absolute Gasteiger partial charge is 0.137 e. The van der Waals surface area contributed by atoms with Gasteiger partial charge in [0.25, 0.3) is 0 Å². The van der Waals surface area contributed by atoms with Crippen molar-refractivity contribution < 1.29 is 19.7 Å². The Morgan fingerprint density at radius 2 is 1.91 bits per heavy atom. The molecule has 0 aliphatic carbocycles. The van der Waals surface area contributed by atoms with Crippen molar-refractivity contribution in [2.24, 2.45) is 0 Å². The van der Waals surface area contributed by atoms with Crippen LogP contribution in [0.2, 0.25) is 5.15 Å². The first-order chi connectivity index (χ1) is 11.1. The van der Waals surface area contributed by atoms with Crippen LogP contribution in [-0.4, -0.2) is 35.0 Å². The highest BCUT2D eigenvalue weighted by atomic mass is 35.5. The number of hydrogen-bond donors (Lipinski definition) is 2. The SMILES string of the molecule is COc1ccc(COC[C@H](O)CCc2nc(Cl)ccc2O)cc1. The highest BCUT2D eigenvalue weighted by Gasteiger charge is 2.09. The van der Waals surface area contributed by atoms with Gasteiger partial charge in [-0.25, -0.2) is 4.98 Å². The third kappa shape index (κ3) is 5.71. The van der Waals surface area contributed by atoms with Crippen molar-refractivity contribution in [1.82, 2.24) is 4.98 Å². The van der Waals surface area contributed by atoms with Gasteiger partial charge in [0.05, 0.1) is 32.1 Å². The molecule has 0 bridgehead atoms. The van der Waals surface area contributed by atoms with Crippen molar-refractivity contribution in [2.45, 2.75) is 25.6 Å². The lowest BCUT2D eigenvalue weighted by Crippen LogP contribution is -2.16. The minimum atomic E-state index is -0.631. The molecule has 0 amide bonds. The van der Waals surface area contributed by atoms with Crippen molar-refractivity contribution in [3.63, 3.8) is 0 Å². The van der Waals surface area contributed by atoms with Crippen LogP contribution in [0.3, 0.4) is 0 Å².